The minimum atomic E-state index is 0.170. The van der Waals surface area contributed by atoms with E-state index in [1.807, 2.05) is 17.2 Å². The minimum Gasteiger partial charge on any atom is -0.342 e. The number of aryl methyl sites for hydroxylation is 1. The third-order valence-corrected chi connectivity index (χ3v) is 3.82. The second kappa shape index (κ2) is 5.91. The van der Waals surface area contributed by atoms with Crippen LogP contribution in [0.15, 0.2) is 16.7 Å². The van der Waals surface area contributed by atoms with Gasteiger partial charge < -0.3 is 9.47 Å². The first-order chi connectivity index (χ1) is 8.65. The summed E-state index contributed by atoms with van der Waals surface area (Å²) in [4.78, 5) is 14.5. The summed E-state index contributed by atoms with van der Waals surface area (Å²) in [5.74, 6) is 0.912. The van der Waals surface area contributed by atoms with E-state index >= 15 is 0 Å². The molecule has 0 radical (unpaired) electrons. The van der Waals surface area contributed by atoms with Crippen molar-refractivity contribution < 1.29 is 4.79 Å². The fourth-order valence-corrected chi connectivity index (χ4v) is 2.67. The van der Waals surface area contributed by atoms with E-state index in [1.165, 1.54) is 12.8 Å². The van der Waals surface area contributed by atoms with E-state index in [1.54, 1.807) is 0 Å². The Labute approximate surface area is 117 Å². The summed E-state index contributed by atoms with van der Waals surface area (Å²) in [7, 11) is 0. The summed E-state index contributed by atoms with van der Waals surface area (Å²) in [5.41, 5.74) is 0.811. The summed E-state index contributed by atoms with van der Waals surface area (Å²) in [6.45, 7) is 6.80. The van der Waals surface area contributed by atoms with Gasteiger partial charge in [-0.05, 0) is 54.1 Å². The van der Waals surface area contributed by atoms with Crippen molar-refractivity contribution in [1.82, 2.24) is 9.47 Å². The summed E-state index contributed by atoms with van der Waals surface area (Å²) in [5, 5.41) is 0. The molecule has 1 saturated carbocycles. The van der Waals surface area contributed by atoms with Crippen LogP contribution in [-0.4, -0.2) is 28.5 Å². The fraction of sp³-hybridized carbons (Fsp3) is 0.643. The average molecular weight is 313 g/mol. The number of amides is 1. The van der Waals surface area contributed by atoms with Crippen LogP contribution in [0.1, 0.15) is 43.6 Å². The summed E-state index contributed by atoms with van der Waals surface area (Å²) >= 11 is 3.46. The molecular weight excluding hydrogens is 292 g/mol. The Kier molecular flexibility index (Phi) is 4.49. The van der Waals surface area contributed by atoms with Crippen molar-refractivity contribution in [2.24, 2.45) is 5.92 Å². The standard InChI is InChI=1S/C14H21BrN2O/c1-3-7-17-10-12(15)8-13(17)14(18)16(4-2)9-11-5-6-11/h8,10-11H,3-7,9H2,1-2H3. The molecule has 0 atom stereocenters. The van der Waals surface area contributed by atoms with Crippen molar-refractivity contribution in [2.45, 2.75) is 39.7 Å². The highest BCUT2D eigenvalue weighted by Crippen LogP contribution is 2.30. The SMILES string of the molecule is CCCn1cc(Br)cc1C(=O)N(CC)CC1CC1. The molecule has 1 aliphatic carbocycles. The van der Waals surface area contributed by atoms with E-state index < -0.39 is 0 Å². The van der Waals surface area contributed by atoms with Gasteiger partial charge in [0.25, 0.3) is 5.91 Å². The maximum absolute atomic E-state index is 12.5. The van der Waals surface area contributed by atoms with Gasteiger partial charge in [-0.15, -0.1) is 0 Å². The Hall–Kier alpha value is -0.770. The van der Waals surface area contributed by atoms with E-state index in [9.17, 15) is 4.79 Å². The molecule has 0 aliphatic heterocycles. The molecule has 1 fully saturated rings. The van der Waals surface area contributed by atoms with Crippen LogP contribution in [0.4, 0.5) is 0 Å². The van der Waals surface area contributed by atoms with Crippen molar-refractivity contribution in [3.63, 3.8) is 0 Å². The average Bonchev–Trinajstić information content (AvgIpc) is 3.09. The van der Waals surface area contributed by atoms with E-state index in [0.29, 0.717) is 0 Å². The number of nitrogens with zero attached hydrogens (tertiary/aromatic N) is 2. The molecule has 0 bridgehead atoms. The lowest BCUT2D eigenvalue weighted by molar-refractivity contribution is 0.0746. The lowest BCUT2D eigenvalue weighted by Gasteiger charge is -2.21. The molecular formula is C14H21BrN2O. The van der Waals surface area contributed by atoms with Gasteiger partial charge in [-0.1, -0.05) is 6.92 Å². The molecule has 100 valence electrons. The Morgan fingerprint density at radius 2 is 2.22 bits per heavy atom. The molecule has 1 aromatic heterocycles. The lowest BCUT2D eigenvalue weighted by atomic mass is 10.3. The molecule has 0 spiro atoms. The van der Waals surface area contributed by atoms with Crippen molar-refractivity contribution in [3.8, 4) is 0 Å². The van der Waals surface area contributed by atoms with Crippen molar-refractivity contribution >= 4 is 21.8 Å². The molecule has 3 nitrogen and oxygen atoms in total. The van der Waals surface area contributed by atoms with Gasteiger partial charge in [-0.3, -0.25) is 4.79 Å². The zero-order chi connectivity index (χ0) is 13.1. The summed E-state index contributed by atoms with van der Waals surface area (Å²) in [6.07, 6.45) is 5.60. The monoisotopic (exact) mass is 312 g/mol. The molecule has 1 aromatic rings. The van der Waals surface area contributed by atoms with Gasteiger partial charge in [0.05, 0.1) is 0 Å². The summed E-state index contributed by atoms with van der Waals surface area (Å²) < 4.78 is 3.05. The highest BCUT2D eigenvalue weighted by molar-refractivity contribution is 9.10. The molecule has 18 heavy (non-hydrogen) atoms. The Balaban J connectivity index is 2.14. The van der Waals surface area contributed by atoms with E-state index in [2.05, 4.69) is 34.3 Å². The highest BCUT2D eigenvalue weighted by atomic mass is 79.9. The molecule has 4 heteroatoms. The Morgan fingerprint density at radius 1 is 1.50 bits per heavy atom. The minimum absolute atomic E-state index is 0.170. The van der Waals surface area contributed by atoms with Crippen molar-refractivity contribution in [1.29, 1.82) is 0 Å². The zero-order valence-electron chi connectivity index (χ0n) is 11.2. The number of carbonyl (C=O) groups is 1. The fourth-order valence-electron chi connectivity index (χ4n) is 2.21. The van der Waals surface area contributed by atoms with Gasteiger partial charge in [0.1, 0.15) is 5.69 Å². The van der Waals surface area contributed by atoms with E-state index in [-0.39, 0.29) is 5.91 Å². The van der Waals surface area contributed by atoms with Crippen LogP contribution >= 0.6 is 15.9 Å². The number of aromatic nitrogens is 1. The second-order valence-electron chi connectivity index (χ2n) is 5.02. The lowest BCUT2D eigenvalue weighted by Crippen LogP contribution is -2.34. The van der Waals surface area contributed by atoms with Crippen LogP contribution in [0.5, 0.6) is 0 Å². The molecule has 0 unspecified atom stereocenters. The first kappa shape index (κ1) is 13.7. The summed E-state index contributed by atoms with van der Waals surface area (Å²) in [6, 6.07) is 1.94. The maximum atomic E-state index is 12.5. The van der Waals surface area contributed by atoms with Gasteiger partial charge in [0, 0.05) is 30.3 Å². The largest absolute Gasteiger partial charge is 0.342 e. The molecule has 1 heterocycles. The molecule has 1 aliphatic rings. The van der Waals surface area contributed by atoms with Crippen LogP contribution in [0, 0.1) is 5.92 Å². The van der Waals surface area contributed by atoms with Gasteiger partial charge in [0.15, 0.2) is 0 Å². The predicted molar refractivity (Wildman–Crippen MR) is 76.7 cm³/mol. The molecule has 1 amide bonds. The molecule has 0 N–H and O–H groups in total. The third-order valence-electron chi connectivity index (χ3n) is 3.39. The Bertz CT molecular complexity index is 423. The van der Waals surface area contributed by atoms with Crippen LogP contribution in [0.25, 0.3) is 0 Å². The molecule has 0 saturated heterocycles. The number of carbonyl (C=O) groups excluding carboxylic acids is 1. The first-order valence-electron chi connectivity index (χ1n) is 6.80. The van der Waals surface area contributed by atoms with Gasteiger partial charge >= 0.3 is 0 Å². The number of hydrogen-bond acceptors (Lipinski definition) is 1. The maximum Gasteiger partial charge on any atom is 0.270 e. The van der Waals surface area contributed by atoms with Crippen molar-refractivity contribution in [2.75, 3.05) is 13.1 Å². The van der Waals surface area contributed by atoms with Crippen LogP contribution < -0.4 is 0 Å². The highest BCUT2D eigenvalue weighted by Gasteiger charge is 2.27. The van der Waals surface area contributed by atoms with Gasteiger partial charge in [-0.2, -0.15) is 0 Å². The van der Waals surface area contributed by atoms with E-state index in [0.717, 1.165) is 42.1 Å². The molecule has 2 rings (SSSR count). The van der Waals surface area contributed by atoms with E-state index in [4.69, 9.17) is 0 Å². The quantitative estimate of drug-likeness (QED) is 0.789. The van der Waals surface area contributed by atoms with Gasteiger partial charge in [-0.25, -0.2) is 0 Å². The van der Waals surface area contributed by atoms with Crippen LogP contribution in [-0.2, 0) is 6.54 Å². The van der Waals surface area contributed by atoms with Gasteiger partial charge in [0.2, 0.25) is 0 Å². The van der Waals surface area contributed by atoms with Crippen molar-refractivity contribution in [3.05, 3.63) is 22.4 Å². The number of rotatable bonds is 6. The third kappa shape index (κ3) is 3.16. The first-order valence-corrected chi connectivity index (χ1v) is 7.60. The Morgan fingerprint density at radius 3 is 2.78 bits per heavy atom. The number of hydrogen-bond donors (Lipinski definition) is 0. The van der Waals surface area contributed by atoms with Crippen LogP contribution in [0.3, 0.4) is 0 Å². The molecule has 0 aromatic carbocycles. The predicted octanol–water partition coefficient (Wildman–Crippen LogP) is 3.53. The zero-order valence-corrected chi connectivity index (χ0v) is 12.7. The van der Waals surface area contributed by atoms with Crippen LogP contribution in [0.2, 0.25) is 0 Å². The number of halogens is 1. The topological polar surface area (TPSA) is 25.2 Å². The smallest absolute Gasteiger partial charge is 0.270 e. The second-order valence-corrected chi connectivity index (χ2v) is 5.94. The normalized spacial score (nSPS) is 14.8.